The highest BCUT2D eigenvalue weighted by molar-refractivity contribution is 5.93. The Bertz CT molecular complexity index is 804. The zero-order chi connectivity index (χ0) is 17.1. The van der Waals surface area contributed by atoms with E-state index < -0.39 is 0 Å². The fourth-order valence-corrected chi connectivity index (χ4v) is 2.30. The zero-order valence-electron chi connectivity index (χ0n) is 12.8. The summed E-state index contributed by atoms with van der Waals surface area (Å²) >= 11 is 0. The standard InChI is InChI=1S/C18H16N6/c19-17(20)15-7-5-13(9-23-15)11-1-2-12(4-3-11)14-6-8-16(18(21)22)24-10-14/h1-10H,(H3,19,20)(H3,21,22). The Hall–Kier alpha value is -3.54. The topological polar surface area (TPSA) is 126 Å². The fraction of sp³-hybridized carbons (Fsp3) is 0. The van der Waals surface area contributed by atoms with Crippen LogP contribution in [0, 0.1) is 10.8 Å². The number of nitrogen functional groups attached to an aromatic ring is 2. The van der Waals surface area contributed by atoms with Crippen LogP contribution in [-0.4, -0.2) is 21.6 Å². The molecule has 2 heterocycles. The SMILES string of the molecule is N=C(N)c1ccc(-c2ccc(-c3ccc(C(=N)N)nc3)cc2)cn1. The number of aromatic nitrogens is 2. The Morgan fingerprint density at radius 3 is 1.17 bits per heavy atom. The predicted octanol–water partition coefficient (Wildman–Crippen LogP) is 2.38. The number of hydrogen-bond acceptors (Lipinski definition) is 4. The first kappa shape index (κ1) is 15.4. The van der Waals surface area contributed by atoms with Crippen molar-refractivity contribution in [3.05, 3.63) is 72.3 Å². The third kappa shape index (κ3) is 3.12. The second-order valence-corrected chi connectivity index (χ2v) is 5.27. The first-order valence-corrected chi connectivity index (χ1v) is 7.26. The number of nitrogens with zero attached hydrogens (tertiary/aromatic N) is 2. The highest BCUT2D eigenvalue weighted by Gasteiger charge is 2.04. The molecule has 0 aliphatic carbocycles. The largest absolute Gasteiger partial charge is 0.382 e. The van der Waals surface area contributed by atoms with Gasteiger partial charge in [0.2, 0.25) is 0 Å². The van der Waals surface area contributed by atoms with Gasteiger partial charge in [0, 0.05) is 23.5 Å². The lowest BCUT2D eigenvalue weighted by atomic mass is 10.0. The minimum Gasteiger partial charge on any atom is -0.382 e. The van der Waals surface area contributed by atoms with Crippen molar-refractivity contribution >= 4 is 11.7 Å². The van der Waals surface area contributed by atoms with E-state index >= 15 is 0 Å². The van der Waals surface area contributed by atoms with Gasteiger partial charge in [0.15, 0.2) is 0 Å². The van der Waals surface area contributed by atoms with Gasteiger partial charge in [-0.2, -0.15) is 0 Å². The molecule has 6 N–H and O–H groups in total. The Morgan fingerprint density at radius 2 is 0.917 bits per heavy atom. The second kappa shape index (κ2) is 6.29. The van der Waals surface area contributed by atoms with Gasteiger partial charge in [-0.25, -0.2) is 0 Å². The van der Waals surface area contributed by atoms with Crippen molar-refractivity contribution in [2.24, 2.45) is 11.5 Å². The van der Waals surface area contributed by atoms with Crippen LogP contribution in [0.2, 0.25) is 0 Å². The smallest absolute Gasteiger partial charge is 0.141 e. The monoisotopic (exact) mass is 316 g/mol. The van der Waals surface area contributed by atoms with E-state index in [1.54, 1.807) is 24.5 Å². The number of benzene rings is 1. The molecule has 0 aliphatic rings. The molecule has 118 valence electrons. The maximum atomic E-state index is 7.36. The van der Waals surface area contributed by atoms with Gasteiger partial charge in [-0.05, 0) is 23.3 Å². The molecule has 0 aliphatic heterocycles. The number of nitrogens with one attached hydrogen (secondary N) is 2. The molecular formula is C18H16N6. The highest BCUT2D eigenvalue weighted by atomic mass is 14.8. The molecule has 0 spiro atoms. The lowest BCUT2D eigenvalue weighted by Crippen LogP contribution is -2.12. The van der Waals surface area contributed by atoms with Crippen molar-refractivity contribution in [3.8, 4) is 22.3 Å². The van der Waals surface area contributed by atoms with Crippen LogP contribution in [0.15, 0.2) is 60.9 Å². The Kier molecular flexibility index (Phi) is 4.03. The zero-order valence-corrected chi connectivity index (χ0v) is 12.8. The van der Waals surface area contributed by atoms with Crippen LogP contribution in [-0.2, 0) is 0 Å². The van der Waals surface area contributed by atoms with Crippen molar-refractivity contribution in [2.75, 3.05) is 0 Å². The summed E-state index contributed by atoms with van der Waals surface area (Å²) in [6, 6.07) is 15.2. The Labute approximate surface area is 139 Å². The van der Waals surface area contributed by atoms with Crippen molar-refractivity contribution in [1.29, 1.82) is 10.8 Å². The van der Waals surface area contributed by atoms with Crippen molar-refractivity contribution < 1.29 is 0 Å². The van der Waals surface area contributed by atoms with Crippen LogP contribution in [0.1, 0.15) is 11.4 Å². The summed E-state index contributed by atoms with van der Waals surface area (Å²) in [6.45, 7) is 0. The summed E-state index contributed by atoms with van der Waals surface area (Å²) in [5, 5.41) is 14.7. The molecule has 2 aromatic heterocycles. The van der Waals surface area contributed by atoms with Gasteiger partial charge in [0.25, 0.3) is 0 Å². The van der Waals surface area contributed by atoms with E-state index in [0.717, 1.165) is 22.3 Å². The second-order valence-electron chi connectivity index (χ2n) is 5.27. The molecule has 0 unspecified atom stereocenters. The summed E-state index contributed by atoms with van der Waals surface area (Å²) < 4.78 is 0. The van der Waals surface area contributed by atoms with Gasteiger partial charge in [0.05, 0.1) is 0 Å². The summed E-state index contributed by atoms with van der Waals surface area (Å²) in [4.78, 5) is 8.34. The van der Waals surface area contributed by atoms with Gasteiger partial charge in [-0.15, -0.1) is 0 Å². The molecule has 3 rings (SSSR count). The van der Waals surface area contributed by atoms with Gasteiger partial charge in [-0.3, -0.25) is 20.8 Å². The first-order chi connectivity index (χ1) is 11.5. The van der Waals surface area contributed by atoms with Gasteiger partial charge >= 0.3 is 0 Å². The van der Waals surface area contributed by atoms with Crippen molar-refractivity contribution in [1.82, 2.24) is 9.97 Å². The third-order valence-electron chi connectivity index (χ3n) is 3.63. The lowest BCUT2D eigenvalue weighted by Gasteiger charge is -2.06. The van der Waals surface area contributed by atoms with Crippen molar-refractivity contribution in [3.63, 3.8) is 0 Å². The normalized spacial score (nSPS) is 10.3. The minimum atomic E-state index is -0.0431. The van der Waals surface area contributed by atoms with E-state index in [1.807, 2.05) is 36.4 Å². The molecule has 0 fully saturated rings. The third-order valence-corrected chi connectivity index (χ3v) is 3.63. The fourth-order valence-electron chi connectivity index (χ4n) is 2.30. The number of rotatable bonds is 4. The van der Waals surface area contributed by atoms with Crippen molar-refractivity contribution in [2.45, 2.75) is 0 Å². The molecule has 0 bridgehead atoms. The molecule has 0 saturated carbocycles. The van der Waals surface area contributed by atoms with E-state index in [9.17, 15) is 0 Å². The summed E-state index contributed by atoms with van der Waals surface area (Å²) in [5.74, 6) is -0.0863. The summed E-state index contributed by atoms with van der Waals surface area (Å²) in [5.41, 5.74) is 15.7. The Morgan fingerprint density at radius 1 is 0.583 bits per heavy atom. The molecule has 0 amide bonds. The molecule has 6 heteroatoms. The van der Waals surface area contributed by atoms with Gasteiger partial charge < -0.3 is 11.5 Å². The molecular weight excluding hydrogens is 300 g/mol. The molecule has 3 aromatic rings. The summed E-state index contributed by atoms with van der Waals surface area (Å²) in [6.07, 6.45) is 3.41. The van der Waals surface area contributed by atoms with Crippen LogP contribution in [0.5, 0.6) is 0 Å². The van der Waals surface area contributed by atoms with E-state index in [2.05, 4.69) is 9.97 Å². The number of amidine groups is 2. The van der Waals surface area contributed by atoms with Crippen LogP contribution < -0.4 is 11.5 Å². The van der Waals surface area contributed by atoms with Crippen LogP contribution in [0.25, 0.3) is 22.3 Å². The average molecular weight is 316 g/mol. The molecule has 0 radical (unpaired) electrons. The highest BCUT2D eigenvalue weighted by Crippen LogP contribution is 2.24. The molecule has 1 aromatic carbocycles. The van der Waals surface area contributed by atoms with E-state index in [1.165, 1.54) is 0 Å². The average Bonchev–Trinajstić information content (AvgIpc) is 2.62. The first-order valence-electron chi connectivity index (χ1n) is 7.26. The maximum absolute atomic E-state index is 7.36. The predicted molar refractivity (Wildman–Crippen MR) is 94.9 cm³/mol. The van der Waals surface area contributed by atoms with E-state index in [-0.39, 0.29) is 11.7 Å². The van der Waals surface area contributed by atoms with E-state index in [0.29, 0.717) is 11.4 Å². The molecule has 24 heavy (non-hydrogen) atoms. The lowest BCUT2D eigenvalue weighted by molar-refractivity contribution is 1.25. The van der Waals surface area contributed by atoms with Crippen LogP contribution in [0.4, 0.5) is 0 Å². The number of hydrogen-bond donors (Lipinski definition) is 4. The van der Waals surface area contributed by atoms with E-state index in [4.69, 9.17) is 22.3 Å². The van der Waals surface area contributed by atoms with Gasteiger partial charge in [-0.1, -0.05) is 36.4 Å². The molecule has 0 atom stereocenters. The number of nitrogens with two attached hydrogens (primary N) is 2. The Balaban J connectivity index is 1.84. The summed E-state index contributed by atoms with van der Waals surface area (Å²) in [7, 11) is 0. The molecule has 0 saturated heterocycles. The van der Waals surface area contributed by atoms with Crippen LogP contribution >= 0.6 is 0 Å². The van der Waals surface area contributed by atoms with Crippen LogP contribution in [0.3, 0.4) is 0 Å². The molecule has 6 nitrogen and oxygen atoms in total. The number of pyridine rings is 2. The van der Waals surface area contributed by atoms with Gasteiger partial charge in [0.1, 0.15) is 23.1 Å². The quantitative estimate of drug-likeness (QED) is 0.435. The maximum Gasteiger partial charge on any atom is 0.141 e. The minimum absolute atomic E-state index is 0.0431.